The molecule has 0 aliphatic rings. The third-order valence-electron chi connectivity index (χ3n) is 3.84. The molecule has 0 saturated heterocycles. The van der Waals surface area contributed by atoms with E-state index in [0.717, 1.165) is 11.1 Å². The summed E-state index contributed by atoms with van der Waals surface area (Å²) in [6.07, 6.45) is 1.53. The van der Waals surface area contributed by atoms with Crippen molar-refractivity contribution in [2.75, 3.05) is 5.73 Å². The van der Waals surface area contributed by atoms with Crippen LogP contribution in [0.4, 0.5) is 5.69 Å². The van der Waals surface area contributed by atoms with Gasteiger partial charge in [0.1, 0.15) is 12.4 Å². The molecule has 3 rings (SSSR count). The van der Waals surface area contributed by atoms with Crippen LogP contribution in [0.2, 0.25) is 5.02 Å². The van der Waals surface area contributed by atoms with E-state index < -0.39 is 0 Å². The number of para-hydroxylation sites is 2. The Bertz CT molecular complexity index is 973. The lowest BCUT2D eigenvalue weighted by Gasteiger charge is -2.10. The maximum Gasteiger partial charge on any atom is 0.273 e. The molecule has 0 aliphatic heterocycles. The number of hydrogen-bond donors (Lipinski definition) is 2. The van der Waals surface area contributed by atoms with Gasteiger partial charge in [0.2, 0.25) is 0 Å². The summed E-state index contributed by atoms with van der Waals surface area (Å²) >= 11 is 6.16. The molecule has 27 heavy (non-hydrogen) atoms. The van der Waals surface area contributed by atoms with Crippen LogP contribution in [0.3, 0.4) is 0 Å². The second kappa shape index (κ2) is 8.87. The van der Waals surface area contributed by atoms with Crippen molar-refractivity contribution < 1.29 is 9.53 Å². The molecule has 0 atom stereocenters. The first-order chi connectivity index (χ1) is 13.1. The number of amides is 1. The van der Waals surface area contributed by atoms with Crippen LogP contribution in [-0.2, 0) is 6.61 Å². The quantitative estimate of drug-likeness (QED) is 0.381. The molecule has 3 N–H and O–H groups in total. The number of hydrazone groups is 1. The minimum atomic E-state index is -0.376. The highest BCUT2D eigenvalue weighted by Gasteiger charge is 2.08. The molecule has 0 heterocycles. The number of anilines is 1. The van der Waals surface area contributed by atoms with Crippen LogP contribution in [-0.4, -0.2) is 12.1 Å². The molecule has 0 saturated carbocycles. The van der Waals surface area contributed by atoms with Crippen molar-refractivity contribution in [2.24, 2.45) is 5.10 Å². The average molecular weight is 380 g/mol. The normalized spacial score (nSPS) is 10.7. The van der Waals surface area contributed by atoms with E-state index in [-0.39, 0.29) is 5.91 Å². The van der Waals surface area contributed by atoms with Gasteiger partial charge in [-0.2, -0.15) is 5.10 Å². The Labute approximate surface area is 162 Å². The number of rotatable bonds is 6. The Morgan fingerprint density at radius 1 is 1.04 bits per heavy atom. The maximum atomic E-state index is 12.1. The van der Waals surface area contributed by atoms with Gasteiger partial charge < -0.3 is 10.5 Å². The van der Waals surface area contributed by atoms with Crippen molar-refractivity contribution in [1.82, 2.24) is 5.43 Å². The van der Waals surface area contributed by atoms with E-state index in [1.165, 1.54) is 6.21 Å². The van der Waals surface area contributed by atoms with E-state index in [1.54, 1.807) is 24.3 Å². The van der Waals surface area contributed by atoms with E-state index in [9.17, 15) is 4.79 Å². The summed E-state index contributed by atoms with van der Waals surface area (Å²) in [6, 6.07) is 21.7. The van der Waals surface area contributed by atoms with Gasteiger partial charge in [0.05, 0.1) is 11.8 Å². The smallest absolute Gasteiger partial charge is 0.273 e. The van der Waals surface area contributed by atoms with E-state index >= 15 is 0 Å². The molecule has 0 aliphatic carbocycles. The van der Waals surface area contributed by atoms with Crippen LogP contribution in [0.25, 0.3) is 0 Å². The number of nitrogen functional groups attached to an aromatic ring is 1. The number of carbonyl (C=O) groups is 1. The van der Waals surface area contributed by atoms with Crippen molar-refractivity contribution in [3.63, 3.8) is 0 Å². The van der Waals surface area contributed by atoms with Gasteiger partial charge >= 0.3 is 0 Å². The van der Waals surface area contributed by atoms with Crippen molar-refractivity contribution in [3.05, 3.63) is 94.5 Å². The van der Waals surface area contributed by atoms with Crippen LogP contribution in [0.15, 0.2) is 77.9 Å². The van der Waals surface area contributed by atoms with E-state index in [2.05, 4.69) is 10.5 Å². The van der Waals surface area contributed by atoms with Gasteiger partial charge in [0.25, 0.3) is 5.91 Å². The summed E-state index contributed by atoms with van der Waals surface area (Å²) in [6.45, 7) is 0.331. The first-order valence-electron chi connectivity index (χ1n) is 8.28. The third-order valence-corrected chi connectivity index (χ3v) is 4.20. The molecule has 0 spiro atoms. The molecule has 0 radical (unpaired) electrons. The second-order valence-electron chi connectivity index (χ2n) is 5.70. The van der Waals surface area contributed by atoms with Gasteiger partial charge in [0.15, 0.2) is 0 Å². The van der Waals surface area contributed by atoms with Gasteiger partial charge in [-0.1, -0.05) is 54.1 Å². The summed E-state index contributed by atoms with van der Waals surface area (Å²) in [7, 11) is 0. The molecule has 0 bridgehead atoms. The molecule has 1 amide bonds. The fourth-order valence-corrected chi connectivity index (χ4v) is 2.60. The number of nitrogens with zero attached hydrogens (tertiary/aromatic N) is 1. The van der Waals surface area contributed by atoms with Crippen LogP contribution < -0.4 is 15.9 Å². The summed E-state index contributed by atoms with van der Waals surface area (Å²) < 4.78 is 5.86. The van der Waals surface area contributed by atoms with Gasteiger partial charge in [-0.15, -0.1) is 0 Å². The first kappa shape index (κ1) is 18.5. The molecular weight excluding hydrogens is 362 g/mol. The van der Waals surface area contributed by atoms with Crippen LogP contribution >= 0.6 is 11.6 Å². The zero-order valence-electron chi connectivity index (χ0n) is 14.4. The molecule has 3 aromatic carbocycles. The van der Waals surface area contributed by atoms with E-state index in [4.69, 9.17) is 22.1 Å². The van der Waals surface area contributed by atoms with Gasteiger partial charge in [-0.05, 0) is 30.3 Å². The molecule has 3 aromatic rings. The summed E-state index contributed by atoms with van der Waals surface area (Å²) in [4.78, 5) is 12.1. The maximum absolute atomic E-state index is 12.1. The largest absolute Gasteiger partial charge is 0.488 e. The fourth-order valence-electron chi connectivity index (χ4n) is 2.41. The van der Waals surface area contributed by atoms with Gasteiger partial charge in [0, 0.05) is 21.8 Å². The lowest BCUT2D eigenvalue weighted by Crippen LogP contribution is -2.19. The Morgan fingerprint density at radius 2 is 1.74 bits per heavy atom. The predicted octanol–water partition coefficient (Wildman–Crippen LogP) is 4.27. The van der Waals surface area contributed by atoms with Gasteiger partial charge in [-0.25, -0.2) is 5.43 Å². The lowest BCUT2D eigenvalue weighted by molar-refractivity contribution is 0.0956. The molecular formula is C21H18ClN3O2. The van der Waals surface area contributed by atoms with E-state index in [0.29, 0.717) is 28.6 Å². The zero-order valence-corrected chi connectivity index (χ0v) is 15.2. The Balaban J connectivity index is 1.67. The summed E-state index contributed by atoms with van der Waals surface area (Å²) in [5, 5.41) is 4.66. The predicted molar refractivity (Wildman–Crippen MR) is 108 cm³/mol. The molecule has 0 unspecified atom stereocenters. The number of hydrogen-bond acceptors (Lipinski definition) is 4. The average Bonchev–Trinajstić information content (AvgIpc) is 2.68. The number of nitrogens with two attached hydrogens (primary N) is 1. The monoisotopic (exact) mass is 379 g/mol. The van der Waals surface area contributed by atoms with Crippen LogP contribution in [0.1, 0.15) is 21.5 Å². The molecule has 5 nitrogen and oxygen atoms in total. The van der Waals surface area contributed by atoms with Crippen molar-refractivity contribution >= 4 is 29.4 Å². The number of halogens is 1. The Hall–Kier alpha value is -3.31. The minimum Gasteiger partial charge on any atom is -0.488 e. The van der Waals surface area contributed by atoms with Crippen molar-refractivity contribution in [1.29, 1.82) is 0 Å². The molecule has 0 fully saturated rings. The van der Waals surface area contributed by atoms with E-state index in [1.807, 2.05) is 48.5 Å². The van der Waals surface area contributed by atoms with Gasteiger partial charge in [-0.3, -0.25) is 4.79 Å². The number of carbonyl (C=O) groups excluding carboxylic acids is 1. The molecule has 0 aromatic heterocycles. The third kappa shape index (κ3) is 4.86. The standard InChI is InChI=1S/C21H18ClN3O2/c22-18-10-4-1-8-16(18)14-27-20-12-6-2-7-15(20)13-24-25-21(26)17-9-3-5-11-19(17)23/h1-13H,14,23H2,(H,25,26)/b24-13-. The lowest BCUT2D eigenvalue weighted by atomic mass is 10.2. The molecule has 6 heteroatoms. The first-order valence-corrected chi connectivity index (χ1v) is 8.66. The zero-order chi connectivity index (χ0) is 19.1. The van der Waals surface area contributed by atoms with Crippen LogP contribution in [0, 0.1) is 0 Å². The topological polar surface area (TPSA) is 76.7 Å². The minimum absolute atomic E-state index is 0.331. The highest BCUT2D eigenvalue weighted by atomic mass is 35.5. The van der Waals surface area contributed by atoms with Crippen molar-refractivity contribution in [3.8, 4) is 5.75 Å². The highest BCUT2D eigenvalue weighted by Crippen LogP contribution is 2.21. The number of benzene rings is 3. The summed E-state index contributed by atoms with van der Waals surface area (Å²) in [5.74, 6) is 0.258. The Morgan fingerprint density at radius 3 is 2.56 bits per heavy atom. The Kier molecular flexibility index (Phi) is 6.07. The summed E-state index contributed by atoms with van der Waals surface area (Å²) in [5.41, 5.74) is 10.6. The fraction of sp³-hybridized carbons (Fsp3) is 0.0476. The molecule has 136 valence electrons. The van der Waals surface area contributed by atoms with Crippen molar-refractivity contribution in [2.45, 2.75) is 6.61 Å². The SMILES string of the molecule is Nc1ccccc1C(=O)N/N=C\c1ccccc1OCc1ccccc1Cl. The highest BCUT2D eigenvalue weighted by molar-refractivity contribution is 6.31. The number of nitrogens with one attached hydrogen (secondary N) is 1. The number of ether oxygens (including phenoxy) is 1. The van der Waals surface area contributed by atoms with Crippen LogP contribution in [0.5, 0.6) is 5.75 Å². The second-order valence-corrected chi connectivity index (χ2v) is 6.11.